The van der Waals surface area contributed by atoms with E-state index in [1.165, 1.54) is 6.08 Å². The number of carbonyl (C=O) groups is 1. The second-order valence-electron chi connectivity index (χ2n) is 6.36. The number of furan rings is 1. The van der Waals surface area contributed by atoms with Gasteiger partial charge in [0.1, 0.15) is 11.5 Å². The van der Waals surface area contributed by atoms with Crippen molar-refractivity contribution in [1.82, 2.24) is 5.32 Å². The van der Waals surface area contributed by atoms with Gasteiger partial charge in [-0.15, -0.1) is 0 Å². The van der Waals surface area contributed by atoms with Crippen LogP contribution >= 0.6 is 23.8 Å². The summed E-state index contributed by atoms with van der Waals surface area (Å²) in [5.74, 6) is 0.920. The number of hydrogen-bond acceptors (Lipinski definition) is 3. The maximum atomic E-state index is 12.1. The van der Waals surface area contributed by atoms with E-state index in [9.17, 15) is 4.79 Å². The van der Waals surface area contributed by atoms with Crippen molar-refractivity contribution in [2.75, 3.05) is 5.32 Å². The van der Waals surface area contributed by atoms with Crippen LogP contribution in [0.1, 0.15) is 16.9 Å². The van der Waals surface area contributed by atoms with Crippen LogP contribution in [0.3, 0.4) is 0 Å². The molecule has 1 aromatic heterocycles. The van der Waals surface area contributed by atoms with E-state index in [0.717, 1.165) is 22.4 Å². The summed E-state index contributed by atoms with van der Waals surface area (Å²) in [5, 5.41) is 6.54. The first-order valence-corrected chi connectivity index (χ1v) is 9.42. The smallest absolute Gasteiger partial charge is 0.250 e. The van der Waals surface area contributed by atoms with Gasteiger partial charge in [0.05, 0.1) is 0 Å². The van der Waals surface area contributed by atoms with Crippen molar-refractivity contribution in [3.8, 4) is 11.3 Å². The van der Waals surface area contributed by atoms with E-state index in [0.29, 0.717) is 16.5 Å². The predicted octanol–water partition coefficient (Wildman–Crippen LogP) is 5.74. The largest absolute Gasteiger partial charge is 0.457 e. The number of nitrogens with one attached hydrogen (secondary N) is 2. The van der Waals surface area contributed by atoms with Crippen molar-refractivity contribution < 1.29 is 9.21 Å². The van der Waals surface area contributed by atoms with E-state index in [1.807, 2.05) is 44.2 Å². The van der Waals surface area contributed by atoms with Gasteiger partial charge in [-0.05, 0) is 91.8 Å². The Morgan fingerprint density at radius 2 is 1.71 bits per heavy atom. The first-order valence-electron chi connectivity index (χ1n) is 8.63. The van der Waals surface area contributed by atoms with Gasteiger partial charge in [0, 0.05) is 22.3 Å². The van der Waals surface area contributed by atoms with Gasteiger partial charge in [-0.25, -0.2) is 0 Å². The summed E-state index contributed by atoms with van der Waals surface area (Å²) in [6.45, 7) is 4.01. The Morgan fingerprint density at radius 3 is 2.39 bits per heavy atom. The van der Waals surface area contributed by atoms with Crippen LogP contribution in [0, 0.1) is 13.8 Å². The lowest BCUT2D eigenvalue weighted by Crippen LogP contribution is -2.32. The molecular weight excluding hydrogens is 392 g/mol. The van der Waals surface area contributed by atoms with E-state index >= 15 is 0 Å². The number of rotatable bonds is 4. The third-order valence-corrected chi connectivity index (χ3v) is 4.33. The van der Waals surface area contributed by atoms with Crippen LogP contribution in [0.25, 0.3) is 17.4 Å². The van der Waals surface area contributed by atoms with Crippen molar-refractivity contribution in [2.24, 2.45) is 0 Å². The van der Waals surface area contributed by atoms with Crippen LogP contribution in [0.5, 0.6) is 0 Å². The summed E-state index contributed by atoms with van der Waals surface area (Å²) in [6.07, 6.45) is 2.97. The second kappa shape index (κ2) is 8.87. The molecule has 6 heteroatoms. The SMILES string of the molecule is Cc1cc(C)cc(NC(=S)NC(=O)/C=C/c2ccc(-c3ccc(Cl)cc3)o2)c1. The lowest BCUT2D eigenvalue weighted by Gasteiger charge is -2.09. The minimum atomic E-state index is -0.341. The van der Waals surface area contributed by atoms with Gasteiger partial charge in [-0.3, -0.25) is 10.1 Å². The Kier molecular flexibility index (Phi) is 6.29. The minimum absolute atomic E-state index is 0.237. The quantitative estimate of drug-likeness (QED) is 0.425. The molecule has 0 fully saturated rings. The Labute approximate surface area is 174 Å². The summed E-state index contributed by atoms with van der Waals surface area (Å²) >= 11 is 11.1. The molecule has 1 amide bonds. The number of halogens is 1. The fraction of sp³-hybridized carbons (Fsp3) is 0.0909. The number of aryl methyl sites for hydroxylation is 2. The van der Waals surface area contributed by atoms with Crippen LogP contribution in [0.4, 0.5) is 5.69 Å². The molecule has 142 valence electrons. The topological polar surface area (TPSA) is 54.3 Å². The molecule has 0 saturated heterocycles. The van der Waals surface area contributed by atoms with Crippen molar-refractivity contribution >= 4 is 46.6 Å². The molecule has 2 N–H and O–H groups in total. The maximum Gasteiger partial charge on any atom is 0.250 e. The molecule has 0 aliphatic heterocycles. The molecule has 2 aromatic carbocycles. The standard InChI is InChI=1S/C22H19ClN2O2S/c1-14-11-15(2)13-18(12-14)24-22(28)25-21(26)10-8-19-7-9-20(27-19)16-3-5-17(23)6-4-16/h3-13H,1-2H3,(H2,24,25,26,28)/b10-8+. The summed E-state index contributed by atoms with van der Waals surface area (Å²) in [6, 6.07) is 17.0. The molecule has 0 radical (unpaired) electrons. The van der Waals surface area contributed by atoms with Crippen LogP contribution < -0.4 is 10.6 Å². The molecule has 0 aliphatic carbocycles. The predicted molar refractivity (Wildman–Crippen MR) is 118 cm³/mol. The molecule has 0 spiro atoms. The Bertz CT molecular complexity index is 1020. The van der Waals surface area contributed by atoms with Gasteiger partial charge in [0.15, 0.2) is 5.11 Å². The number of thiocarbonyl (C=S) groups is 1. The molecular formula is C22H19ClN2O2S. The van der Waals surface area contributed by atoms with Gasteiger partial charge in [0.25, 0.3) is 0 Å². The Balaban J connectivity index is 1.57. The highest BCUT2D eigenvalue weighted by molar-refractivity contribution is 7.80. The molecule has 0 saturated carbocycles. The van der Waals surface area contributed by atoms with Gasteiger partial charge >= 0.3 is 0 Å². The van der Waals surface area contributed by atoms with Crippen molar-refractivity contribution in [2.45, 2.75) is 13.8 Å². The van der Waals surface area contributed by atoms with Crippen LogP contribution in [0.2, 0.25) is 5.02 Å². The van der Waals surface area contributed by atoms with Gasteiger partial charge in [-0.1, -0.05) is 17.7 Å². The summed E-state index contributed by atoms with van der Waals surface area (Å²) in [4.78, 5) is 12.1. The van der Waals surface area contributed by atoms with E-state index in [1.54, 1.807) is 24.3 Å². The molecule has 0 bridgehead atoms. The summed E-state index contributed by atoms with van der Waals surface area (Å²) < 4.78 is 5.73. The maximum absolute atomic E-state index is 12.1. The zero-order valence-electron chi connectivity index (χ0n) is 15.5. The Morgan fingerprint density at radius 1 is 1.04 bits per heavy atom. The number of carbonyl (C=O) groups excluding carboxylic acids is 1. The van der Waals surface area contributed by atoms with Crippen LogP contribution in [-0.2, 0) is 4.79 Å². The second-order valence-corrected chi connectivity index (χ2v) is 7.21. The first kappa shape index (κ1) is 19.9. The third kappa shape index (κ3) is 5.55. The molecule has 1 heterocycles. The molecule has 0 unspecified atom stereocenters. The normalized spacial score (nSPS) is 10.8. The highest BCUT2D eigenvalue weighted by atomic mass is 35.5. The molecule has 3 rings (SSSR count). The highest BCUT2D eigenvalue weighted by Crippen LogP contribution is 2.24. The van der Waals surface area contributed by atoms with Crippen LogP contribution in [0.15, 0.2) is 65.1 Å². The summed E-state index contributed by atoms with van der Waals surface area (Å²) in [5.41, 5.74) is 3.98. The van der Waals surface area contributed by atoms with E-state index in [4.69, 9.17) is 28.2 Å². The lowest BCUT2D eigenvalue weighted by molar-refractivity contribution is -0.115. The fourth-order valence-corrected chi connectivity index (χ4v) is 3.08. The van der Waals surface area contributed by atoms with E-state index < -0.39 is 0 Å². The van der Waals surface area contributed by atoms with Crippen molar-refractivity contribution in [3.63, 3.8) is 0 Å². The molecule has 0 atom stereocenters. The van der Waals surface area contributed by atoms with Gasteiger partial charge in [0.2, 0.25) is 5.91 Å². The van der Waals surface area contributed by atoms with Crippen LogP contribution in [-0.4, -0.2) is 11.0 Å². The van der Waals surface area contributed by atoms with Gasteiger partial charge in [-0.2, -0.15) is 0 Å². The highest BCUT2D eigenvalue weighted by Gasteiger charge is 2.05. The van der Waals surface area contributed by atoms with Gasteiger partial charge < -0.3 is 9.73 Å². The fourth-order valence-electron chi connectivity index (χ4n) is 2.73. The number of hydrogen-bond donors (Lipinski definition) is 2. The number of anilines is 1. The monoisotopic (exact) mass is 410 g/mol. The average Bonchev–Trinajstić information content (AvgIpc) is 3.08. The minimum Gasteiger partial charge on any atom is -0.457 e. The molecule has 28 heavy (non-hydrogen) atoms. The zero-order valence-corrected chi connectivity index (χ0v) is 17.0. The first-order chi connectivity index (χ1) is 13.4. The molecule has 4 nitrogen and oxygen atoms in total. The summed E-state index contributed by atoms with van der Waals surface area (Å²) in [7, 11) is 0. The Hall–Kier alpha value is -2.89. The van der Waals surface area contributed by atoms with E-state index in [-0.39, 0.29) is 11.0 Å². The lowest BCUT2D eigenvalue weighted by atomic mass is 10.1. The van der Waals surface area contributed by atoms with E-state index in [2.05, 4.69) is 16.7 Å². The molecule has 0 aliphatic rings. The molecule has 3 aromatic rings. The average molecular weight is 411 g/mol. The zero-order chi connectivity index (χ0) is 20.1. The van der Waals surface area contributed by atoms with Crippen molar-refractivity contribution in [3.05, 3.63) is 82.6 Å². The third-order valence-electron chi connectivity index (χ3n) is 3.87. The van der Waals surface area contributed by atoms with Crippen molar-refractivity contribution in [1.29, 1.82) is 0 Å². The number of amides is 1. The number of benzene rings is 2.